The van der Waals surface area contributed by atoms with Crippen LogP contribution in [0.2, 0.25) is 0 Å². The number of para-hydroxylation sites is 2. The van der Waals surface area contributed by atoms with Crippen LogP contribution in [0.1, 0.15) is 72.1 Å². The minimum Gasteiger partial charge on any atom is -0.487 e. The fourth-order valence-electron chi connectivity index (χ4n) is 3.53. The van der Waals surface area contributed by atoms with Crippen molar-refractivity contribution in [2.45, 2.75) is 78.2 Å². The summed E-state index contributed by atoms with van der Waals surface area (Å²) in [7, 11) is 0. The fraction of sp³-hybridized carbons (Fsp3) is 0.591. The molecule has 0 aliphatic heterocycles. The van der Waals surface area contributed by atoms with Crippen LogP contribution in [0.4, 0.5) is 0 Å². The molecule has 148 valence electrons. The topological polar surface area (TPSA) is 69.7 Å². The maximum absolute atomic E-state index is 13.1. The van der Waals surface area contributed by atoms with Crippen LogP contribution in [0.25, 0.3) is 0 Å². The molecule has 0 aromatic heterocycles. The van der Waals surface area contributed by atoms with E-state index in [9.17, 15) is 14.4 Å². The molecule has 1 saturated carbocycles. The molecule has 1 aliphatic rings. The molecule has 0 radical (unpaired) electrons. The van der Waals surface area contributed by atoms with Crippen LogP contribution in [0, 0.1) is 5.41 Å². The number of hydrogen-bond donors (Lipinski definition) is 0. The van der Waals surface area contributed by atoms with Gasteiger partial charge in [0.2, 0.25) is 0 Å². The predicted molar refractivity (Wildman–Crippen MR) is 103 cm³/mol. The van der Waals surface area contributed by atoms with Gasteiger partial charge in [-0.2, -0.15) is 0 Å². The van der Waals surface area contributed by atoms with Gasteiger partial charge in [0.25, 0.3) is 0 Å². The predicted octanol–water partition coefficient (Wildman–Crippen LogP) is 4.66. The Morgan fingerprint density at radius 3 is 2.37 bits per heavy atom. The van der Waals surface area contributed by atoms with E-state index >= 15 is 0 Å². The van der Waals surface area contributed by atoms with E-state index in [-0.39, 0.29) is 30.5 Å². The van der Waals surface area contributed by atoms with Crippen LogP contribution in [0.3, 0.4) is 0 Å². The molecule has 0 unspecified atom stereocenters. The Kier molecular flexibility index (Phi) is 7.57. The normalized spacial score (nSPS) is 19.8. The smallest absolute Gasteiger partial charge is 0.325 e. The summed E-state index contributed by atoms with van der Waals surface area (Å²) in [5, 5.41) is 0. The third-order valence-corrected chi connectivity index (χ3v) is 5.34. The first-order chi connectivity index (χ1) is 12.9. The van der Waals surface area contributed by atoms with E-state index in [1.165, 1.54) is 6.92 Å². The lowest BCUT2D eigenvalue weighted by Gasteiger charge is -2.33. The van der Waals surface area contributed by atoms with Crippen molar-refractivity contribution in [1.29, 1.82) is 0 Å². The molecule has 0 N–H and O–H groups in total. The van der Waals surface area contributed by atoms with Crippen molar-refractivity contribution in [1.82, 2.24) is 0 Å². The maximum atomic E-state index is 13.1. The van der Waals surface area contributed by atoms with E-state index < -0.39 is 11.4 Å². The number of hydrogen-bond acceptors (Lipinski definition) is 5. The minimum absolute atomic E-state index is 0.0296. The lowest BCUT2D eigenvalue weighted by atomic mass is 9.70. The molecule has 0 spiro atoms. The van der Waals surface area contributed by atoms with Crippen molar-refractivity contribution >= 4 is 17.5 Å². The second-order valence-electron chi connectivity index (χ2n) is 7.31. The van der Waals surface area contributed by atoms with E-state index in [1.807, 2.05) is 19.9 Å². The monoisotopic (exact) mass is 374 g/mol. The summed E-state index contributed by atoms with van der Waals surface area (Å²) < 4.78 is 11.7. The lowest BCUT2D eigenvalue weighted by Crippen LogP contribution is -2.44. The van der Waals surface area contributed by atoms with Crippen LogP contribution in [-0.4, -0.2) is 23.6 Å². The average Bonchev–Trinajstić information content (AvgIpc) is 2.66. The molecule has 0 saturated heterocycles. The molecular formula is C22H30O5. The Labute approximate surface area is 161 Å². The lowest BCUT2D eigenvalue weighted by molar-refractivity contribution is -0.155. The Bertz CT molecular complexity index is 677. The van der Waals surface area contributed by atoms with Crippen LogP contribution in [-0.2, 0) is 14.4 Å². The molecule has 27 heavy (non-hydrogen) atoms. The molecule has 1 aliphatic carbocycles. The van der Waals surface area contributed by atoms with Gasteiger partial charge < -0.3 is 14.3 Å². The largest absolute Gasteiger partial charge is 0.487 e. The molecule has 1 atom stereocenters. The Morgan fingerprint density at radius 2 is 1.78 bits per heavy atom. The number of benzene rings is 1. The van der Waals surface area contributed by atoms with Gasteiger partial charge in [-0.3, -0.25) is 9.59 Å². The Balaban J connectivity index is 2.25. The Hall–Kier alpha value is -2.17. The van der Waals surface area contributed by atoms with E-state index in [2.05, 4.69) is 0 Å². The third kappa shape index (κ3) is 5.18. The zero-order valence-corrected chi connectivity index (χ0v) is 16.6. The number of ketones is 2. The van der Waals surface area contributed by atoms with Gasteiger partial charge in [-0.1, -0.05) is 32.4 Å². The summed E-state index contributed by atoms with van der Waals surface area (Å²) in [4.78, 5) is 37.2. The highest BCUT2D eigenvalue weighted by molar-refractivity contribution is 6.05. The zero-order valence-electron chi connectivity index (χ0n) is 16.6. The highest BCUT2D eigenvalue weighted by Gasteiger charge is 2.48. The van der Waals surface area contributed by atoms with Gasteiger partial charge >= 0.3 is 5.97 Å². The second kappa shape index (κ2) is 9.67. The van der Waals surface area contributed by atoms with E-state index in [1.54, 1.807) is 18.2 Å². The van der Waals surface area contributed by atoms with Gasteiger partial charge in [0.05, 0.1) is 6.10 Å². The number of ether oxygens (including phenoxy) is 2. The number of Topliss-reactive ketones (excluding diaryl/α,β-unsaturated/α-hetero) is 2. The van der Waals surface area contributed by atoms with Gasteiger partial charge in [-0.25, -0.2) is 0 Å². The van der Waals surface area contributed by atoms with Gasteiger partial charge in [-0.05, 0) is 51.2 Å². The molecule has 5 heteroatoms. The summed E-state index contributed by atoms with van der Waals surface area (Å²) in [6, 6.07) is 7.05. The fourth-order valence-corrected chi connectivity index (χ4v) is 3.53. The van der Waals surface area contributed by atoms with E-state index in [0.717, 1.165) is 25.7 Å². The van der Waals surface area contributed by atoms with Gasteiger partial charge in [-0.15, -0.1) is 0 Å². The summed E-state index contributed by atoms with van der Waals surface area (Å²) in [5.74, 6) is 0.130. The number of carbonyl (C=O) groups excluding carboxylic acids is 3. The first-order valence-corrected chi connectivity index (χ1v) is 9.93. The number of carbonyl (C=O) groups is 3. The molecular weight excluding hydrogens is 344 g/mol. The van der Waals surface area contributed by atoms with Gasteiger partial charge in [0.1, 0.15) is 17.0 Å². The van der Waals surface area contributed by atoms with Gasteiger partial charge in [0, 0.05) is 12.8 Å². The van der Waals surface area contributed by atoms with Crippen molar-refractivity contribution in [3.8, 4) is 11.5 Å². The molecule has 5 nitrogen and oxygen atoms in total. The molecule has 1 aromatic carbocycles. The SMILES string of the molecule is CCC(CC)Oc1ccccc1OC(=O)[C@@]1(CCC(C)=O)CCCCC1=O. The summed E-state index contributed by atoms with van der Waals surface area (Å²) in [6.07, 6.45) is 4.51. The van der Waals surface area contributed by atoms with Gasteiger partial charge in [0.15, 0.2) is 11.5 Å². The minimum atomic E-state index is -1.22. The molecule has 2 rings (SSSR count). The van der Waals surface area contributed by atoms with Crippen LogP contribution < -0.4 is 9.47 Å². The first-order valence-electron chi connectivity index (χ1n) is 9.93. The average molecular weight is 374 g/mol. The third-order valence-electron chi connectivity index (χ3n) is 5.34. The van der Waals surface area contributed by atoms with Crippen LogP contribution in [0.15, 0.2) is 24.3 Å². The van der Waals surface area contributed by atoms with E-state index in [0.29, 0.717) is 24.3 Å². The highest BCUT2D eigenvalue weighted by atomic mass is 16.6. The summed E-state index contributed by atoms with van der Waals surface area (Å²) >= 11 is 0. The zero-order chi connectivity index (χ0) is 19.9. The molecule has 0 bridgehead atoms. The summed E-state index contributed by atoms with van der Waals surface area (Å²) in [5.41, 5.74) is -1.22. The van der Waals surface area contributed by atoms with Crippen molar-refractivity contribution < 1.29 is 23.9 Å². The van der Waals surface area contributed by atoms with E-state index in [4.69, 9.17) is 9.47 Å². The Morgan fingerprint density at radius 1 is 1.11 bits per heavy atom. The maximum Gasteiger partial charge on any atom is 0.325 e. The quantitative estimate of drug-likeness (QED) is 0.357. The van der Waals surface area contributed by atoms with Crippen LogP contribution in [0.5, 0.6) is 11.5 Å². The molecule has 0 heterocycles. The first kappa shape index (κ1) is 21.1. The second-order valence-corrected chi connectivity index (χ2v) is 7.31. The molecule has 1 aromatic rings. The molecule has 0 amide bonds. The van der Waals surface area contributed by atoms with Crippen molar-refractivity contribution in [3.05, 3.63) is 24.3 Å². The molecule has 1 fully saturated rings. The number of esters is 1. The van der Waals surface area contributed by atoms with Crippen molar-refractivity contribution in [2.75, 3.05) is 0 Å². The standard InChI is InChI=1S/C22H30O5/c1-4-17(5-2)26-18-10-6-7-11-19(18)27-21(25)22(15-13-16(3)23)14-9-8-12-20(22)24/h6-7,10-11,17H,4-5,8-9,12-15H2,1-3H3/t22-/m1/s1. The van der Waals surface area contributed by atoms with Crippen molar-refractivity contribution in [3.63, 3.8) is 0 Å². The number of rotatable bonds is 9. The summed E-state index contributed by atoms with van der Waals surface area (Å²) in [6.45, 7) is 5.56. The highest BCUT2D eigenvalue weighted by Crippen LogP contribution is 2.40. The van der Waals surface area contributed by atoms with Crippen molar-refractivity contribution in [2.24, 2.45) is 5.41 Å². The van der Waals surface area contributed by atoms with Crippen LogP contribution >= 0.6 is 0 Å².